The topological polar surface area (TPSA) is 82.6 Å². The lowest BCUT2D eigenvalue weighted by molar-refractivity contribution is 0.0646. The molecule has 1 amide bonds. The van der Waals surface area contributed by atoms with Crippen molar-refractivity contribution in [1.29, 1.82) is 0 Å². The van der Waals surface area contributed by atoms with Crippen molar-refractivity contribution in [2.24, 2.45) is 0 Å². The van der Waals surface area contributed by atoms with Gasteiger partial charge in [-0.05, 0) is 75.2 Å². The third-order valence-electron chi connectivity index (χ3n) is 6.89. The Hall–Kier alpha value is -3.97. The molecule has 0 bridgehead atoms. The van der Waals surface area contributed by atoms with Crippen LogP contribution < -0.4 is 15.2 Å². The zero-order valence-electron chi connectivity index (χ0n) is 22.4. The minimum atomic E-state index is -0.387. The van der Waals surface area contributed by atoms with E-state index in [1.54, 1.807) is 23.7 Å². The van der Waals surface area contributed by atoms with Crippen LogP contribution in [0.25, 0.3) is 28.1 Å². The average Bonchev–Trinajstić information content (AvgIpc) is 3.26. The highest BCUT2D eigenvalue weighted by molar-refractivity contribution is 6.30. The van der Waals surface area contributed by atoms with Gasteiger partial charge >= 0.3 is 0 Å². The number of fused-ring (bicyclic) bond motifs is 3. The van der Waals surface area contributed by atoms with Gasteiger partial charge in [-0.25, -0.2) is 4.68 Å². The van der Waals surface area contributed by atoms with Crippen LogP contribution in [0.2, 0.25) is 5.02 Å². The SMILES string of the molecule is COc1cc2c(cc1-c1cccc(N)c1)-c1c(c(C(=O)N(C)C(C)(C)C)nn1-c1cc(C)cc(Cl)c1)CO2. The number of nitrogen functional groups attached to an aromatic ring is 1. The zero-order chi connectivity index (χ0) is 27.4. The van der Waals surface area contributed by atoms with E-state index in [1.165, 1.54) is 0 Å². The average molecular weight is 531 g/mol. The minimum absolute atomic E-state index is 0.178. The maximum Gasteiger partial charge on any atom is 0.274 e. The number of carbonyl (C=O) groups is 1. The van der Waals surface area contributed by atoms with E-state index in [0.29, 0.717) is 27.9 Å². The molecule has 0 spiro atoms. The Morgan fingerprint density at radius 2 is 1.89 bits per heavy atom. The first kappa shape index (κ1) is 25.7. The second-order valence-electron chi connectivity index (χ2n) is 10.6. The predicted molar refractivity (Wildman–Crippen MR) is 151 cm³/mol. The first-order chi connectivity index (χ1) is 18.0. The highest BCUT2D eigenvalue weighted by Crippen LogP contribution is 2.46. The molecule has 0 saturated heterocycles. The summed E-state index contributed by atoms with van der Waals surface area (Å²) in [5, 5.41) is 5.46. The van der Waals surface area contributed by atoms with Gasteiger partial charge in [-0.2, -0.15) is 5.10 Å². The number of benzene rings is 3. The first-order valence-electron chi connectivity index (χ1n) is 12.4. The van der Waals surface area contributed by atoms with Crippen LogP contribution in [0.4, 0.5) is 5.69 Å². The molecule has 0 unspecified atom stereocenters. The molecule has 2 heterocycles. The molecule has 4 aromatic rings. The molecule has 5 rings (SSSR count). The Morgan fingerprint density at radius 1 is 1.13 bits per heavy atom. The highest BCUT2D eigenvalue weighted by atomic mass is 35.5. The van der Waals surface area contributed by atoms with Crippen molar-refractivity contribution < 1.29 is 14.3 Å². The molecule has 196 valence electrons. The summed E-state index contributed by atoms with van der Waals surface area (Å²) in [5.74, 6) is 1.12. The number of ether oxygens (including phenoxy) is 2. The van der Waals surface area contributed by atoms with Gasteiger partial charge in [-0.15, -0.1) is 0 Å². The van der Waals surface area contributed by atoms with Crippen molar-refractivity contribution in [3.05, 3.63) is 76.4 Å². The van der Waals surface area contributed by atoms with Crippen molar-refractivity contribution in [3.8, 4) is 39.6 Å². The van der Waals surface area contributed by atoms with Crippen LogP contribution in [-0.2, 0) is 6.61 Å². The molecule has 1 aromatic heterocycles. The molecule has 1 aliphatic heterocycles. The largest absolute Gasteiger partial charge is 0.496 e. The van der Waals surface area contributed by atoms with Gasteiger partial charge in [0.05, 0.1) is 18.5 Å². The smallest absolute Gasteiger partial charge is 0.274 e. The number of carbonyl (C=O) groups excluding carboxylic acids is 1. The molecule has 3 aromatic carbocycles. The summed E-state index contributed by atoms with van der Waals surface area (Å²) >= 11 is 6.45. The molecular weight excluding hydrogens is 500 g/mol. The standard InChI is InChI=1S/C30H31ClN4O3/c1-17-10-19(31)13-21(11-17)35-28-23-14-22(18-8-7-9-20(32)12-18)25(37-6)15-26(23)38-16-24(28)27(33-35)29(36)34(5)30(2,3)4/h7-15H,16,32H2,1-6H3. The van der Waals surface area contributed by atoms with Crippen LogP contribution in [0.1, 0.15) is 42.4 Å². The Bertz CT molecular complexity index is 1550. The van der Waals surface area contributed by atoms with Gasteiger partial charge < -0.3 is 20.1 Å². The fourth-order valence-electron chi connectivity index (χ4n) is 4.64. The van der Waals surface area contributed by atoms with Crippen LogP contribution in [-0.4, -0.2) is 40.3 Å². The quantitative estimate of drug-likeness (QED) is 0.304. The summed E-state index contributed by atoms with van der Waals surface area (Å²) < 4.78 is 13.7. The lowest BCUT2D eigenvalue weighted by Gasteiger charge is -2.31. The van der Waals surface area contributed by atoms with E-state index in [4.69, 9.17) is 31.9 Å². The second kappa shape index (κ2) is 9.40. The molecule has 0 atom stereocenters. The highest BCUT2D eigenvalue weighted by Gasteiger charge is 2.34. The number of amides is 1. The summed E-state index contributed by atoms with van der Waals surface area (Å²) in [6.45, 7) is 8.14. The van der Waals surface area contributed by atoms with Crippen LogP contribution >= 0.6 is 11.6 Å². The van der Waals surface area contributed by atoms with Gasteiger partial charge in [-0.1, -0.05) is 23.7 Å². The molecule has 7 nitrogen and oxygen atoms in total. The summed E-state index contributed by atoms with van der Waals surface area (Å²) in [5.41, 5.74) is 12.5. The van der Waals surface area contributed by atoms with E-state index >= 15 is 0 Å². The van der Waals surface area contributed by atoms with Crippen LogP contribution in [0.15, 0.2) is 54.6 Å². The van der Waals surface area contributed by atoms with E-state index in [-0.39, 0.29) is 18.1 Å². The van der Waals surface area contributed by atoms with E-state index < -0.39 is 0 Å². The van der Waals surface area contributed by atoms with Crippen molar-refractivity contribution in [2.45, 2.75) is 39.8 Å². The van der Waals surface area contributed by atoms with Crippen molar-refractivity contribution >= 4 is 23.2 Å². The summed E-state index contributed by atoms with van der Waals surface area (Å²) in [6.07, 6.45) is 0. The Kier molecular flexibility index (Phi) is 6.35. The van der Waals surface area contributed by atoms with Crippen molar-refractivity contribution in [2.75, 3.05) is 19.9 Å². The Balaban J connectivity index is 1.80. The summed E-state index contributed by atoms with van der Waals surface area (Å²) in [7, 11) is 3.42. The molecule has 8 heteroatoms. The zero-order valence-corrected chi connectivity index (χ0v) is 23.2. The first-order valence-corrected chi connectivity index (χ1v) is 12.7. The number of nitrogens with two attached hydrogens (primary N) is 1. The van der Waals surface area contributed by atoms with E-state index in [9.17, 15) is 4.79 Å². The van der Waals surface area contributed by atoms with Crippen molar-refractivity contribution in [1.82, 2.24) is 14.7 Å². The summed E-state index contributed by atoms with van der Waals surface area (Å²) in [4.78, 5) is 15.4. The van der Waals surface area contributed by atoms with Crippen molar-refractivity contribution in [3.63, 3.8) is 0 Å². The van der Waals surface area contributed by atoms with Gasteiger partial charge in [-0.3, -0.25) is 4.79 Å². The fourth-order valence-corrected chi connectivity index (χ4v) is 4.93. The van der Waals surface area contributed by atoms with Crippen LogP contribution in [0.3, 0.4) is 0 Å². The molecule has 2 N–H and O–H groups in total. The number of methoxy groups -OCH3 is 1. The molecule has 0 fully saturated rings. The summed E-state index contributed by atoms with van der Waals surface area (Å²) in [6, 6.07) is 17.3. The molecule has 0 aliphatic carbocycles. The predicted octanol–water partition coefficient (Wildman–Crippen LogP) is 6.52. The number of hydrogen-bond acceptors (Lipinski definition) is 5. The molecule has 0 radical (unpaired) electrons. The lowest BCUT2D eigenvalue weighted by Crippen LogP contribution is -2.43. The third-order valence-corrected chi connectivity index (χ3v) is 7.11. The number of rotatable bonds is 4. The molecule has 1 aliphatic rings. The van der Waals surface area contributed by atoms with Crippen LogP contribution in [0, 0.1) is 6.92 Å². The lowest BCUT2D eigenvalue weighted by atomic mass is 9.95. The van der Waals surface area contributed by atoms with E-state index in [2.05, 4.69) is 0 Å². The monoisotopic (exact) mass is 530 g/mol. The number of aromatic nitrogens is 2. The molecular formula is C30H31ClN4O3. The van der Waals surface area contributed by atoms with Gasteiger partial charge in [0.15, 0.2) is 5.69 Å². The normalized spacial score (nSPS) is 12.4. The maximum absolute atomic E-state index is 13.7. The van der Waals surface area contributed by atoms with Gasteiger partial charge in [0, 0.05) is 46.1 Å². The maximum atomic E-state index is 13.7. The number of anilines is 1. The van der Waals surface area contributed by atoms with Gasteiger partial charge in [0.25, 0.3) is 5.91 Å². The number of nitrogens with zero attached hydrogens (tertiary/aromatic N) is 3. The van der Waals surface area contributed by atoms with E-state index in [1.807, 2.05) is 82.3 Å². The third kappa shape index (κ3) is 4.47. The number of aryl methyl sites for hydroxylation is 1. The second-order valence-corrected chi connectivity index (χ2v) is 11.0. The molecule has 0 saturated carbocycles. The minimum Gasteiger partial charge on any atom is -0.496 e. The van der Waals surface area contributed by atoms with E-state index in [0.717, 1.165) is 39.2 Å². The number of halogens is 1. The fraction of sp³-hybridized carbons (Fsp3) is 0.267. The number of hydrogen-bond donors (Lipinski definition) is 1. The molecule has 38 heavy (non-hydrogen) atoms. The van der Waals surface area contributed by atoms with Crippen LogP contribution in [0.5, 0.6) is 11.5 Å². The van der Waals surface area contributed by atoms with Gasteiger partial charge in [0.2, 0.25) is 0 Å². The van der Waals surface area contributed by atoms with Gasteiger partial charge in [0.1, 0.15) is 18.1 Å². The Morgan fingerprint density at radius 3 is 2.55 bits per heavy atom. The Labute approximate surface area is 227 Å².